The molecular formula is C15H23ClN2O3. The SMILES string of the molecule is CC(C)C(NC(=O)CCN)c1ccc2c(c1)OCCO2.Cl. The Morgan fingerprint density at radius 3 is 2.57 bits per heavy atom. The van der Waals surface area contributed by atoms with Crippen LogP contribution in [0.4, 0.5) is 0 Å². The third-order valence-electron chi connectivity index (χ3n) is 3.28. The smallest absolute Gasteiger partial charge is 0.221 e. The molecule has 0 radical (unpaired) electrons. The first-order valence-corrected chi connectivity index (χ1v) is 7.00. The van der Waals surface area contributed by atoms with Crippen LogP contribution in [0.15, 0.2) is 18.2 Å². The largest absolute Gasteiger partial charge is 0.486 e. The van der Waals surface area contributed by atoms with Gasteiger partial charge >= 0.3 is 0 Å². The number of benzene rings is 1. The molecule has 0 spiro atoms. The van der Waals surface area contributed by atoms with Crippen LogP contribution >= 0.6 is 12.4 Å². The van der Waals surface area contributed by atoms with E-state index >= 15 is 0 Å². The molecule has 0 aromatic heterocycles. The van der Waals surface area contributed by atoms with Crippen molar-refractivity contribution in [2.75, 3.05) is 19.8 Å². The second kappa shape index (κ2) is 8.10. The van der Waals surface area contributed by atoms with E-state index in [-0.39, 0.29) is 30.3 Å². The van der Waals surface area contributed by atoms with Crippen LogP contribution in [0, 0.1) is 5.92 Å². The highest BCUT2D eigenvalue weighted by Crippen LogP contribution is 2.34. The maximum Gasteiger partial charge on any atom is 0.221 e. The summed E-state index contributed by atoms with van der Waals surface area (Å²) in [5.41, 5.74) is 6.44. The molecule has 1 atom stereocenters. The van der Waals surface area contributed by atoms with E-state index in [2.05, 4.69) is 19.2 Å². The Bertz CT molecular complexity index is 480. The second-order valence-corrected chi connectivity index (χ2v) is 5.23. The van der Waals surface area contributed by atoms with E-state index in [9.17, 15) is 4.79 Å². The molecular weight excluding hydrogens is 292 g/mol. The van der Waals surface area contributed by atoms with Crippen molar-refractivity contribution < 1.29 is 14.3 Å². The van der Waals surface area contributed by atoms with Gasteiger partial charge in [0.05, 0.1) is 6.04 Å². The Morgan fingerprint density at radius 2 is 1.95 bits per heavy atom. The average Bonchev–Trinajstić information content (AvgIpc) is 2.44. The van der Waals surface area contributed by atoms with Crippen molar-refractivity contribution in [1.82, 2.24) is 5.32 Å². The number of carbonyl (C=O) groups is 1. The molecule has 5 nitrogen and oxygen atoms in total. The molecule has 0 fully saturated rings. The Kier molecular flexibility index (Phi) is 6.78. The number of nitrogens with one attached hydrogen (secondary N) is 1. The molecule has 1 aliphatic heterocycles. The number of nitrogens with two attached hydrogens (primary N) is 1. The van der Waals surface area contributed by atoms with Gasteiger partial charge in [0, 0.05) is 13.0 Å². The summed E-state index contributed by atoms with van der Waals surface area (Å²) in [6, 6.07) is 5.77. The van der Waals surface area contributed by atoms with Gasteiger partial charge in [0.1, 0.15) is 13.2 Å². The second-order valence-electron chi connectivity index (χ2n) is 5.23. The minimum atomic E-state index is -0.0510. The molecule has 1 amide bonds. The first-order chi connectivity index (χ1) is 9.61. The summed E-state index contributed by atoms with van der Waals surface area (Å²) >= 11 is 0. The van der Waals surface area contributed by atoms with Crippen LogP contribution in [0.5, 0.6) is 11.5 Å². The lowest BCUT2D eigenvalue weighted by atomic mass is 9.95. The van der Waals surface area contributed by atoms with Crippen molar-refractivity contribution in [3.8, 4) is 11.5 Å². The van der Waals surface area contributed by atoms with E-state index in [1.54, 1.807) is 0 Å². The summed E-state index contributed by atoms with van der Waals surface area (Å²) < 4.78 is 11.1. The van der Waals surface area contributed by atoms with Crippen LogP contribution in [0.25, 0.3) is 0 Å². The fourth-order valence-electron chi connectivity index (χ4n) is 2.26. The standard InChI is InChI=1S/C15H22N2O3.ClH/c1-10(2)15(17-14(18)5-6-16)11-3-4-12-13(9-11)20-8-7-19-12;/h3-4,9-10,15H,5-8,16H2,1-2H3,(H,17,18);1H. The van der Waals surface area contributed by atoms with Crippen molar-refractivity contribution in [1.29, 1.82) is 0 Å². The molecule has 21 heavy (non-hydrogen) atoms. The van der Waals surface area contributed by atoms with Gasteiger partial charge in [-0.05, 0) is 23.6 Å². The maximum absolute atomic E-state index is 11.8. The Hall–Kier alpha value is -1.46. The Morgan fingerprint density at radius 1 is 1.29 bits per heavy atom. The van der Waals surface area contributed by atoms with Gasteiger partial charge in [-0.3, -0.25) is 4.79 Å². The lowest BCUT2D eigenvalue weighted by Gasteiger charge is -2.25. The number of halogens is 1. The van der Waals surface area contributed by atoms with Gasteiger partial charge in [0.15, 0.2) is 11.5 Å². The van der Waals surface area contributed by atoms with E-state index in [1.807, 2.05) is 18.2 Å². The van der Waals surface area contributed by atoms with Crippen LogP contribution in [-0.4, -0.2) is 25.7 Å². The molecule has 0 bridgehead atoms. The van der Waals surface area contributed by atoms with E-state index < -0.39 is 0 Å². The van der Waals surface area contributed by atoms with Crippen molar-refractivity contribution in [2.24, 2.45) is 11.7 Å². The highest BCUT2D eigenvalue weighted by molar-refractivity contribution is 5.85. The van der Waals surface area contributed by atoms with Crippen molar-refractivity contribution in [3.05, 3.63) is 23.8 Å². The summed E-state index contributed by atoms with van der Waals surface area (Å²) in [5.74, 6) is 1.75. The quantitative estimate of drug-likeness (QED) is 0.872. The highest BCUT2D eigenvalue weighted by atomic mass is 35.5. The number of hydrogen-bond donors (Lipinski definition) is 2. The van der Waals surface area contributed by atoms with E-state index in [0.717, 1.165) is 17.1 Å². The van der Waals surface area contributed by atoms with E-state index in [4.69, 9.17) is 15.2 Å². The fraction of sp³-hybridized carbons (Fsp3) is 0.533. The van der Waals surface area contributed by atoms with Crippen LogP contribution < -0.4 is 20.5 Å². The molecule has 1 aliphatic rings. The number of ether oxygens (including phenoxy) is 2. The molecule has 0 saturated carbocycles. The fourth-order valence-corrected chi connectivity index (χ4v) is 2.26. The number of amides is 1. The molecule has 118 valence electrons. The van der Waals surface area contributed by atoms with Crippen molar-refractivity contribution in [3.63, 3.8) is 0 Å². The Balaban J connectivity index is 0.00000220. The van der Waals surface area contributed by atoms with Gasteiger partial charge in [-0.25, -0.2) is 0 Å². The molecule has 2 rings (SSSR count). The lowest BCUT2D eigenvalue weighted by Crippen LogP contribution is -2.33. The molecule has 6 heteroatoms. The zero-order valence-corrected chi connectivity index (χ0v) is 13.2. The van der Waals surface area contributed by atoms with E-state index in [0.29, 0.717) is 26.2 Å². The van der Waals surface area contributed by atoms with Gasteiger partial charge in [-0.1, -0.05) is 19.9 Å². The molecule has 0 aliphatic carbocycles. The van der Waals surface area contributed by atoms with Crippen molar-refractivity contribution >= 4 is 18.3 Å². The van der Waals surface area contributed by atoms with Gasteiger partial charge in [0.2, 0.25) is 5.91 Å². The zero-order chi connectivity index (χ0) is 14.5. The normalized spacial score (nSPS) is 14.3. The monoisotopic (exact) mass is 314 g/mol. The lowest BCUT2D eigenvalue weighted by molar-refractivity contribution is -0.122. The first-order valence-electron chi connectivity index (χ1n) is 7.00. The maximum atomic E-state index is 11.8. The zero-order valence-electron chi connectivity index (χ0n) is 12.4. The number of fused-ring (bicyclic) bond motifs is 1. The van der Waals surface area contributed by atoms with Crippen LogP contribution in [0.2, 0.25) is 0 Å². The predicted octanol–water partition coefficient (Wildman–Crippen LogP) is 2.04. The molecule has 3 N–H and O–H groups in total. The molecule has 0 saturated heterocycles. The molecule has 1 aromatic carbocycles. The first kappa shape index (κ1) is 17.6. The van der Waals surface area contributed by atoms with E-state index in [1.165, 1.54) is 0 Å². The minimum Gasteiger partial charge on any atom is -0.486 e. The molecule has 1 aromatic rings. The van der Waals surface area contributed by atoms with Crippen molar-refractivity contribution in [2.45, 2.75) is 26.3 Å². The summed E-state index contributed by atoms with van der Waals surface area (Å²) in [6.45, 7) is 5.64. The van der Waals surface area contributed by atoms with Crippen LogP contribution in [0.3, 0.4) is 0 Å². The predicted molar refractivity (Wildman–Crippen MR) is 84.1 cm³/mol. The van der Waals surface area contributed by atoms with Crippen LogP contribution in [-0.2, 0) is 4.79 Å². The average molecular weight is 315 g/mol. The Labute approximate surface area is 131 Å². The number of rotatable bonds is 5. The van der Waals surface area contributed by atoms with Gasteiger partial charge in [0.25, 0.3) is 0 Å². The molecule has 1 unspecified atom stereocenters. The van der Waals surface area contributed by atoms with Crippen LogP contribution in [0.1, 0.15) is 31.9 Å². The summed E-state index contributed by atoms with van der Waals surface area (Å²) in [7, 11) is 0. The summed E-state index contributed by atoms with van der Waals surface area (Å²) in [4.78, 5) is 11.8. The number of carbonyl (C=O) groups excluding carboxylic acids is 1. The minimum absolute atomic E-state index is 0. The third-order valence-corrected chi connectivity index (χ3v) is 3.28. The summed E-state index contributed by atoms with van der Waals surface area (Å²) in [6.07, 6.45) is 0.341. The van der Waals surface area contributed by atoms with Gasteiger partial charge in [-0.15, -0.1) is 12.4 Å². The highest BCUT2D eigenvalue weighted by Gasteiger charge is 2.21. The summed E-state index contributed by atoms with van der Waals surface area (Å²) in [5, 5.41) is 3.03. The molecule has 1 heterocycles. The van der Waals surface area contributed by atoms with Gasteiger partial charge < -0.3 is 20.5 Å². The topological polar surface area (TPSA) is 73.6 Å². The third kappa shape index (κ3) is 4.51. The number of hydrogen-bond acceptors (Lipinski definition) is 4. The van der Waals surface area contributed by atoms with Gasteiger partial charge in [-0.2, -0.15) is 0 Å².